The highest BCUT2D eigenvalue weighted by Gasteiger charge is 2.17. The Balaban J connectivity index is 1.92. The van der Waals surface area contributed by atoms with E-state index in [0.29, 0.717) is 18.6 Å². The number of hydrogen-bond acceptors (Lipinski definition) is 4. The first-order chi connectivity index (χ1) is 10.2. The Morgan fingerprint density at radius 2 is 2.10 bits per heavy atom. The van der Waals surface area contributed by atoms with Crippen molar-refractivity contribution < 1.29 is 4.74 Å². The van der Waals surface area contributed by atoms with Crippen LogP contribution in [0.25, 0.3) is 10.2 Å². The predicted molar refractivity (Wildman–Crippen MR) is 90.8 cm³/mol. The summed E-state index contributed by atoms with van der Waals surface area (Å²) < 4.78 is 7.02. The highest BCUT2D eigenvalue weighted by Crippen LogP contribution is 2.36. The second-order valence-corrected chi connectivity index (χ2v) is 7.12. The van der Waals surface area contributed by atoms with E-state index in [-0.39, 0.29) is 0 Å². The van der Waals surface area contributed by atoms with Crippen LogP contribution in [0, 0.1) is 0 Å². The molecule has 1 saturated carbocycles. The molecule has 0 radical (unpaired) electrons. The van der Waals surface area contributed by atoms with Gasteiger partial charge in [0, 0.05) is 6.04 Å². The quantitative estimate of drug-likeness (QED) is 0.827. The van der Waals surface area contributed by atoms with Crippen LogP contribution in [0.2, 0.25) is 0 Å². The molecule has 3 nitrogen and oxygen atoms in total. The molecule has 1 aliphatic rings. The minimum atomic E-state index is 0.448. The molecule has 0 atom stereocenters. The number of fused-ring (bicyclic) bond motifs is 1. The third-order valence-corrected chi connectivity index (χ3v) is 5.07. The van der Waals surface area contributed by atoms with Crippen molar-refractivity contribution in [1.82, 2.24) is 4.98 Å². The molecule has 114 valence electrons. The van der Waals surface area contributed by atoms with E-state index in [1.807, 2.05) is 6.92 Å². The maximum absolute atomic E-state index is 5.81. The normalized spacial score (nSPS) is 16.0. The number of nitrogens with one attached hydrogen (secondary N) is 1. The van der Waals surface area contributed by atoms with Gasteiger partial charge in [0.15, 0.2) is 5.13 Å². The van der Waals surface area contributed by atoms with Crippen LogP contribution in [-0.4, -0.2) is 17.6 Å². The lowest BCUT2D eigenvalue weighted by atomic mass is 10.0. The summed E-state index contributed by atoms with van der Waals surface area (Å²) in [6, 6.07) is 4.97. The van der Waals surface area contributed by atoms with Gasteiger partial charge in [0.1, 0.15) is 5.75 Å². The molecule has 0 unspecified atom stereocenters. The van der Waals surface area contributed by atoms with E-state index in [9.17, 15) is 0 Å². The SMILES string of the molecule is CCOc1cc2sc(NC3CCCC3)nc2cc1C(C)C. The van der Waals surface area contributed by atoms with E-state index >= 15 is 0 Å². The first kappa shape index (κ1) is 14.6. The van der Waals surface area contributed by atoms with Crippen molar-refractivity contribution in [3.8, 4) is 5.75 Å². The smallest absolute Gasteiger partial charge is 0.184 e. The molecule has 1 aliphatic carbocycles. The van der Waals surface area contributed by atoms with Crippen LogP contribution in [0.15, 0.2) is 12.1 Å². The number of ether oxygens (including phenoxy) is 1. The number of nitrogens with zero attached hydrogens (tertiary/aromatic N) is 1. The van der Waals surface area contributed by atoms with Crippen LogP contribution in [0.1, 0.15) is 57.9 Å². The summed E-state index contributed by atoms with van der Waals surface area (Å²) in [7, 11) is 0. The maximum Gasteiger partial charge on any atom is 0.184 e. The number of benzene rings is 1. The first-order valence-electron chi connectivity index (χ1n) is 8.01. The van der Waals surface area contributed by atoms with Gasteiger partial charge in [-0.05, 0) is 43.4 Å². The molecule has 0 aliphatic heterocycles. The highest BCUT2D eigenvalue weighted by atomic mass is 32.1. The van der Waals surface area contributed by atoms with Crippen LogP contribution in [0.5, 0.6) is 5.75 Å². The van der Waals surface area contributed by atoms with Crippen LogP contribution in [0.3, 0.4) is 0 Å². The van der Waals surface area contributed by atoms with Gasteiger partial charge in [-0.15, -0.1) is 0 Å². The second kappa shape index (κ2) is 6.22. The van der Waals surface area contributed by atoms with Gasteiger partial charge in [0.25, 0.3) is 0 Å². The monoisotopic (exact) mass is 304 g/mol. The van der Waals surface area contributed by atoms with Crippen molar-refractivity contribution in [3.05, 3.63) is 17.7 Å². The van der Waals surface area contributed by atoms with Crippen molar-refractivity contribution in [2.24, 2.45) is 0 Å². The third kappa shape index (κ3) is 3.15. The molecule has 1 N–H and O–H groups in total. The molecular weight excluding hydrogens is 280 g/mol. The molecule has 0 amide bonds. The summed E-state index contributed by atoms with van der Waals surface area (Å²) in [6.45, 7) is 7.15. The molecule has 0 saturated heterocycles. The Bertz CT molecular complexity index is 615. The van der Waals surface area contributed by atoms with Gasteiger partial charge < -0.3 is 10.1 Å². The molecule has 4 heteroatoms. The number of thiazole rings is 1. The Kier molecular flexibility index (Phi) is 4.34. The lowest BCUT2D eigenvalue weighted by Crippen LogP contribution is -2.13. The van der Waals surface area contributed by atoms with Crippen LogP contribution < -0.4 is 10.1 Å². The van der Waals surface area contributed by atoms with E-state index in [2.05, 4.69) is 31.3 Å². The zero-order valence-electron chi connectivity index (χ0n) is 13.1. The Labute approximate surface area is 130 Å². The lowest BCUT2D eigenvalue weighted by Gasteiger charge is -2.12. The van der Waals surface area contributed by atoms with Gasteiger partial charge in [-0.3, -0.25) is 0 Å². The zero-order valence-corrected chi connectivity index (χ0v) is 13.9. The fourth-order valence-electron chi connectivity index (χ4n) is 3.01. The number of hydrogen-bond donors (Lipinski definition) is 1. The second-order valence-electron chi connectivity index (χ2n) is 6.09. The number of aromatic nitrogens is 1. The molecule has 0 bridgehead atoms. The van der Waals surface area contributed by atoms with Crippen LogP contribution in [0.4, 0.5) is 5.13 Å². The zero-order chi connectivity index (χ0) is 14.8. The first-order valence-corrected chi connectivity index (χ1v) is 8.83. The molecule has 21 heavy (non-hydrogen) atoms. The summed E-state index contributed by atoms with van der Waals surface area (Å²) >= 11 is 1.74. The molecule has 1 aromatic heterocycles. The summed E-state index contributed by atoms with van der Waals surface area (Å²) in [6.07, 6.45) is 5.23. The molecule has 2 aromatic rings. The standard InChI is InChI=1S/C17H24N2OS/c1-4-20-15-10-16-14(9-13(15)11(2)3)19-17(21-16)18-12-7-5-6-8-12/h9-12H,4-8H2,1-3H3,(H,18,19). The average molecular weight is 304 g/mol. The molecule has 3 rings (SSSR count). The van der Waals surface area contributed by atoms with Crippen LogP contribution in [-0.2, 0) is 0 Å². The van der Waals surface area contributed by atoms with Crippen LogP contribution >= 0.6 is 11.3 Å². The van der Waals surface area contributed by atoms with Gasteiger partial charge in [-0.2, -0.15) is 0 Å². The fraction of sp³-hybridized carbons (Fsp3) is 0.588. The molecule has 1 fully saturated rings. The largest absolute Gasteiger partial charge is 0.494 e. The summed E-state index contributed by atoms with van der Waals surface area (Å²) in [5, 5.41) is 4.65. The Hall–Kier alpha value is -1.29. The minimum absolute atomic E-state index is 0.448. The van der Waals surface area contributed by atoms with Gasteiger partial charge in [0.2, 0.25) is 0 Å². The van der Waals surface area contributed by atoms with E-state index in [1.54, 1.807) is 11.3 Å². The van der Waals surface area contributed by atoms with Gasteiger partial charge in [0.05, 0.1) is 16.8 Å². The van der Waals surface area contributed by atoms with E-state index < -0.39 is 0 Å². The molecule has 1 heterocycles. The van der Waals surface area contributed by atoms with Crippen molar-refractivity contribution in [3.63, 3.8) is 0 Å². The number of anilines is 1. The number of rotatable bonds is 5. The topological polar surface area (TPSA) is 34.1 Å². The Morgan fingerprint density at radius 3 is 2.76 bits per heavy atom. The van der Waals surface area contributed by atoms with Crippen molar-refractivity contribution >= 4 is 26.7 Å². The highest BCUT2D eigenvalue weighted by molar-refractivity contribution is 7.22. The van der Waals surface area contributed by atoms with Crippen molar-refractivity contribution in [2.45, 2.75) is 58.4 Å². The van der Waals surface area contributed by atoms with E-state index in [4.69, 9.17) is 9.72 Å². The van der Waals surface area contributed by atoms with Crippen molar-refractivity contribution in [1.29, 1.82) is 0 Å². The van der Waals surface area contributed by atoms with Gasteiger partial charge in [-0.1, -0.05) is 38.0 Å². The molecule has 0 spiro atoms. The predicted octanol–water partition coefficient (Wildman–Crippen LogP) is 5.17. The minimum Gasteiger partial charge on any atom is -0.494 e. The van der Waals surface area contributed by atoms with Gasteiger partial charge >= 0.3 is 0 Å². The van der Waals surface area contributed by atoms with E-state index in [0.717, 1.165) is 16.4 Å². The summed E-state index contributed by atoms with van der Waals surface area (Å²) in [5.41, 5.74) is 2.34. The summed E-state index contributed by atoms with van der Waals surface area (Å²) in [5.74, 6) is 1.46. The van der Waals surface area contributed by atoms with Gasteiger partial charge in [-0.25, -0.2) is 4.98 Å². The third-order valence-electron chi connectivity index (χ3n) is 4.12. The van der Waals surface area contributed by atoms with E-state index in [1.165, 1.54) is 35.9 Å². The average Bonchev–Trinajstić information content (AvgIpc) is 3.07. The fourth-order valence-corrected chi connectivity index (χ4v) is 3.96. The molecular formula is C17H24N2OS. The maximum atomic E-state index is 5.81. The summed E-state index contributed by atoms with van der Waals surface area (Å²) in [4.78, 5) is 4.77. The van der Waals surface area contributed by atoms with Crippen molar-refractivity contribution in [2.75, 3.05) is 11.9 Å². The molecule has 1 aromatic carbocycles. The Morgan fingerprint density at radius 1 is 1.33 bits per heavy atom. The lowest BCUT2D eigenvalue weighted by molar-refractivity contribution is 0.336.